The molecule has 0 aliphatic heterocycles. The van der Waals surface area contributed by atoms with Gasteiger partial charge in [0.1, 0.15) is 0 Å². The number of alkyl halides is 1. The zero-order chi connectivity index (χ0) is 8.43. The Kier molecular flexibility index (Phi) is 3.69. The van der Waals surface area contributed by atoms with Crippen molar-refractivity contribution < 1.29 is 0 Å². The molecule has 0 aliphatic carbocycles. The molecule has 0 saturated heterocycles. The molecule has 0 aromatic heterocycles. The molecule has 0 saturated carbocycles. The maximum atomic E-state index is 5.87. The van der Waals surface area contributed by atoms with Crippen molar-refractivity contribution in [1.29, 1.82) is 0 Å². The van der Waals surface area contributed by atoms with Gasteiger partial charge in [0.2, 0.25) is 0 Å². The molecule has 0 aliphatic rings. The molecule has 60 valence electrons. The summed E-state index contributed by atoms with van der Waals surface area (Å²) < 4.78 is 1.91. The van der Waals surface area contributed by atoms with Crippen LogP contribution in [0.4, 0.5) is 0 Å². The van der Waals surface area contributed by atoms with E-state index in [2.05, 4.69) is 31.9 Å². The summed E-state index contributed by atoms with van der Waals surface area (Å²) >= 11 is 18.2. The van der Waals surface area contributed by atoms with E-state index in [0.29, 0.717) is 10.9 Å². The van der Waals surface area contributed by atoms with Crippen LogP contribution in [0.5, 0.6) is 0 Å². The van der Waals surface area contributed by atoms with Crippen LogP contribution in [0.1, 0.15) is 5.56 Å². The normalized spacial score (nSPS) is 10.2. The molecule has 0 amide bonds. The van der Waals surface area contributed by atoms with E-state index in [0.717, 1.165) is 14.5 Å². The second-order valence-electron chi connectivity index (χ2n) is 1.99. The molecule has 1 rings (SSSR count). The lowest BCUT2D eigenvalue weighted by molar-refractivity contribution is 1.37. The molecule has 0 bridgehead atoms. The lowest BCUT2D eigenvalue weighted by Gasteiger charge is -2.02. The van der Waals surface area contributed by atoms with Gasteiger partial charge in [0.05, 0.1) is 0 Å². The third-order valence-corrected chi connectivity index (χ3v) is 3.72. The molecule has 0 spiro atoms. The van der Waals surface area contributed by atoms with Crippen molar-refractivity contribution in [2.75, 3.05) is 0 Å². The van der Waals surface area contributed by atoms with Crippen LogP contribution in [0.25, 0.3) is 0 Å². The zero-order valence-corrected chi connectivity index (χ0v) is 10.1. The monoisotopic (exact) mass is 316 g/mol. The average Bonchev–Trinajstić information content (AvgIpc) is 1.97. The van der Waals surface area contributed by atoms with E-state index in [4.69, 9.17) is 23.2 Å². The van der Waals surface area contributed by atoms with E-state index in [9.17, 15) is 0 Å². The number of hydrogen-bond acceptors (Lipinski definition) is 0. The van der Waals surface area contributed by atoms with Gasteiger partial charge >= 0.3 is 0 Å². The van der Waals surface area contributed by atoms with Gasteiger partial charge in [-0.1, -0.05) is 11.6 Å². The van der Waals surface area contributed by atoms with E-state index in [1.165, 1.54) is 0 Å². The fourth-order valence-corrected chi connectivity index (χ4v) is 2.05. The van der Waals surface area contributed by atoms with Crippen molar-refractivity contribution in [2.24, 2.45) is 0 Å². The highest BCUT2D eigenvalue weighted by Gasteiger charge is 2.03. The van der Waals surface area contributed by atoms with Crippen molar-refractivity contribution in [3.8, 4) is 0 Å². The van der Waals surface area contributed by atoms with Crippen LogP contribution < -0.4 is 0 Å². The Morgan fingerprint density at radius 1 is 1.18 bits per heavy atom. The van der Waals surface area contributed by atoms with Gasteiger partial charge in [0.25, 0.3) is 0 Å². The molecule has 0 fully saturated rings. The maximum Gasteiger partial charge on any atom is 0.0489 e. The van der Waals surface area contributed by atoms with Crippen molar-refractivity contribution >= 4 is 55.1 Å². The Labute approximate surface area is 92.1 Å². The minimum Gasteiger partial charge on any atom is -0.121 e. The van der Waals surface area contributed by atoms with E-state index >= 15 is 0 Å². The zero-order valence-electron chi connectivity index (χ0n) is 5.37. The van der Waals surface area contributed by atoms with Crippen LogP contribution in [0.15, 0.2) is 21.1 Å². The molecule has 4 heteroatoms. The van der Waals surface area contributed by atoms with Gasteiger partial charge < -0.3 is 0 Å². The Bertz CT molecular complexity index is 273. The van der Waals surface area contributed by atoms with Crippen molar-refractivity contribution in [2.45, 2.75) is 5.88 Å². The first kappa shape index (κ1) is 9.85. The summed E-state index contributed by atoms with van der Waals surface area (Å²) in [7, 11) is 0. The van der Waals surface area contributed by atoms with Gasteiger partial charge in [0, 0.05) is 19.8 Å². The molecular weight excluding hydrogens is 315 g/mol. The van der Waals surface area contributed by atoms with E-state index in [1.54, 1.807) is 0 Å². The highest BCUT2D eigenvalue weighted by atomic mass is 79.9. The van der Waals surface area contributed by atoms with E-state index in [-0.39, 0.29) is 0 Å². The highest BCUT2D eigenvalue weighted by molar-refractivity contribution is 9.13. The summed E-state index contributed by atoms with van der Waals surface area (Å²) in [5, 5.41) is 0.690. The first-order valence-corrected chi connectivity index (χ1v) is 5.34. The number of rotatable bonds is 1. The van der Waals surface area contributed by atoms with Gasteiger partial charge in [0.15, 0.2) is 0 Å². The maximum absolute atomic E-state index is 5.87. The largest absolute Gasteiger partial charge is 0.121 e. The van der Waals surface area contributed by atoms with Crippen molar-refractivity contribution in [3.63, 3.8) is 0 Å². The third kappa shape index (κ3) is 2.35. The third-order valence-electron chi connectivity index (χ3n) is 1.23. The Morgan fingerprint density at radius 2 is 1.73 bits per heavy atom. The van der Waals surface area contributed by atoms with Crippen LogP contribution in [0.3, 0.4) is 0 Å². The number of hydrogen-bond donors (Lipinski definition) is 0. The lowest BCUT2D eigenvalue weighted by atomic mass is 10.2. The molecule has 0 unspecified atom stereocenters. The Hall–Kier alpha value is 0.760. The van der Waals surface area contributed by atoms with Gasteiger partial charge in [-0.15, -0.1) is 11.6 Å². The minimum absolute atomic E-state index is 0.435. The molecule has 0 atom stereocenters. The fraction of sp³-hybridized carbons (Fsp3) is 0.143. The molecule has 0 heterocycles. The Morgan fingerprint density at radius 3 is 2.27 bits per heavy atom. The average molecular weight is 319 g/mol. The molecule has 1 aromatic rings. The SMILES string of the molecule is ClCc1cc(Br)c(Br)cc1Cl. The van der Waals surface area contributed by atoms with Crippen LogP contribution >= 0.6 is 55.1 Å². The van der Waals surface area contributed by atoms with Crippen molar-refractivity contribution in [3.05, 3.63) is 31.7 Å². The van der Waals surface area contributed by atoms with Crippen LogP contribution in [-0.4, -0.2) is 0 Å². The molecule has 0 radical (unpaired) electrons. The first-order chi connectivity index (χ1) is 5.15. The molecule has 11 heavy (non-hydrogen) atoms. The molecule has 1 aromatic carbocycles. The fourth-order valence-electron chi connectivity index (χ4n) is 0.666. The predicted octanol–water partition coefficient (Wildman–Crippen LogP) is 4.60. The van der Waals surface area contributed by atoms with Gasteiger partial charge in [-0.2, -0.15) is 0 Å². The van der Waals surface area contributed by atoms with Crippen LogP contribution in [-0.2, 0) is 5.88 Å². The summed E-state index contributed by atoms with van der Waals surface area (Å²) in [4.78, 5) is 0. The quantitative estimate of drug-likeness (QED) is 0.524. The number of benzene rings is 1. The minimum atomic E-state index is 0.435. The van der Waals surface area contributed by atoms with E-state index < -0.39 is 0 Å². The topological polar surface area (TPSA) is 0 Å². The first-order valence-electron chi connectivity index (χ1n) is 2.84. The smallest absolute Gasteiger partial charge is 0.0489 e. The predicted molar refractivity (Wildman–Crippen MR) is 56.4 cm³/mol. The standard InChI is InChI=1S/C7H4Br2Cl2/c8-5-1-4(3-10)7(11)2-6(5)9/h1-2H,3H2. The summed E-state index contributed by atoms with van der Waals surface area (Å²) in [6, 6.07) is 3.72. The van der Waals surface area contributed by atoms with Crippen molar-refractivity contribution in [1.82, 2.24) is 0 Å². The van der Waals surface area contributed by atoms with Crippen LogP contribution in [0.2, 0.25) is 5.02 Å². The lowest BCUT2D eigenvalue weighted by Crippen LogP contribution is -1.81. The summed E-state index contributed by atoms with van der Waals surface area (Å²) in [5.74, 6) is 0.435. The molecule has 0 N–H and O–H groups in total. The van der Waals surface area contributed by atoms with Gasteiger partial charge in [-0.05, 0) is 49.6 Å². The second kappa shape index (κ2) is 4.13. The van der Waals surface area contributed by atoms with E-state index in [1.807, 2.05) is 12.1 Å². The van der Waals surface area contributed by atoms with Gasteiger partial charge in [-0.25, -0.2) is 0 Å². The second-order valence-corrected chi connectivity index (χ2v) is 4.37. The molecule has 0 nitrogen and oxygen atoms in total. The molecular formula is C7H4Br2Cl2. The summed E-state index contributed by atoms with van der Waals surface area (Å²) in [5.41, 5.74) is 0.934. The highest BCUT2D eigenvalue weighted by Crippen LogP contribution is 2.30. The van der Waals surface area contributed by atoms with Gasteiger partial charge in [-0.3, -0.25) is 0 Å². The Balaban J connectivity index is 3.21. The summed E-state index contributed by atoms with van der Waals surface area (Å²) in [6.07, 6.45) is 0. The number of halogens is 4. The van der Waals surface area contributed by atoms with Crippen LogP contribution in [0, 0.1) is 0 Å². The summed E-state index contributed by atoms with van der Waals surface area (Å²) in [6.45, 7) is 0.